The molecule has 1 unspecified atom stereocenters. The number of halogens is 1. The molecule has 0 bridgehead atoms. The predicted octanol–water partition coefficient (Wildman–Crippen LogP) is 1.72. The Bertz CT molecular complexity index is 258. The first kappa shape index (κ1) is 13.3. The number of rotatable bonds is 7. The van der Waals surface area contributed by atoms with Crippen LogP contribution >= 0.6 is 11.6 Å². The molecule has 4 nitrogen and oxygen atoms in total. The van der Waals surface area contributed by atoms with Gasteiger partial charge in [-0.05, 0) is 18.8 Å². The molecule has 1 amide bonds. The van der Waals surface area contributed by atoms with E-state index in [-0.39, 0.29) is 12.3 Å². The van der Waals surface area contributed by atoms with Crippen LogP contribution in [-0.4, -0.2) is 40.9 Å². The average molecular weight is 248 g/mol. The van der Waals surface area contributed by atoms with Crippen LogP contribution in [0.2, 0.25) is 0 Å². The molecule has 0 aliphatic carbocycles. The number of carbonyl (C=O) groups excluding carboxylic acids is 1. The van der Waals surface area contributed by atoms with Crippen molar-refractivity contribution >= 4 is 23.5 Å². The van der Waals surface area contributed by atoms with Crippen molar-refractivity contribution in [2.24, 2.45) is 5.92 Å². The lowest BCUT2D eigenvalue weighted by Gasteiger charge is -2.15. The van der Waals surface area contributed by atoms with Gasteiger partial charge < -0.3 is 10.0 Å². The highest BCUT2D eigenvalue weighted by atomic mass is 35.5. The zero-order valence-electron chi connectivity index (χ0n) is 9.32. The lowest BCUT2D eigenvalue weighted by Crippen LogP contribution is -2.26. The third-order valence-corrected chi connectivity index (χ3v) is 3.27. The molecule has 0 radical (unpaired) electrons. The van der Waals surface area contributed by atoms with Crippen LogP contribution in [0.25, 0.3) is 0 Å². The molecule has 1 atom stereocenters. The number of likely N-dealkylation sites (tertiary alicyclic amines) is 1. The van der Waals surface area contributed by atoms with Crippen LogP contribution in [0.5, 0.6) is 0 Å². The standard InChI is InChI=1S/C11H18ClNO3/c12-7-9-6-10(14)13(8-9)5-3-1-2-4-11(15)16/h9H,1-8H2,(H,15,16). The van der Waals surface area contributed by atoms with E-state index in [1.54, 1.807) is 0 Å². The van der Waals surface area contributed by atoms with Crippen LogP contribution in [0.15, 0.2) is 0 Å². The van der Waals surface area contributed by atoms with Crippen molar-refractivity contribution in [1.82, 2.24) is 4.90 Å². The summed E-state index contributed by atoms with van der Waals surface area (Å²) >= 11 is 5.71. The van der Waals surface area contributed by atoms with Crippen LogP contribution in [0, 0.1) is 5.92 Å². The second kappa shape index (κ2) is 6.74. The lowest BCUT2D eigenvalue weighted by molar-refractivity contribution is -0.137. The number of carbonyl (C=O) groups is 2. The number of carboxylic acid groups (broad SMARTS) is 1. The molecular weight excluding hydrogens is 230 g/mol. The van der Waals surface area contributed by atoms with Crippen LogP contribution < -0.4 is 0 Å². The van der Waals surface area contributed by atoms with Gasteiger partial charge in [-0.15, -0.1) is 11.6 Å². The molecule has 1 rings (SSSR count). The molecule has 1 aliphatic heterocycles. The van der Waals surface area contributed by atoms with E-state index in [4.69, 9.17) is 16.7 Å². The van der Waals surface area contributed by atoms with Crippen molar-refractivity contribution in [3.05, 3.63) is 0 Å². The molecule has 1 N–H and O–H groups in total. The summed E-state index contributed by atoms with van der Waals surface area (Å²) in [5, 5.41) is 8.45. The Morgan fingerprint density at radius 1 is 1.44 bits per heavy atom. The van der Waals surface area contributed by atoms with E-state index in [9.17, 15) is 9.59 Å². The Hall–Kier alpha value is -0.770. The van der Waals surface area contributed by atoms with Gasteiger partial charge in [0, 0.05) is 31.8 Å². The van der Waals surface area contributed by atoms with E-state index < -0.39 is 5.97 Å². The molecule has 1 saturated heterocycles. The minimum Gasteiger partial charge on any atom is -0.481 e. The maximum atomic E-state index is 11.5. The maximum Gasteiger partial charge on any atom is 0.303 e. The Morgan fingerprint density at radius 2 is 2.19 bits per heavy atom. The monoisotopic (exact) mass is 247 g/mol. The van der Waals surface area contributed by atoms with Gasteiger partial charge in [0.2, 0.25) is 5.91 Å². The normalized spacial score (nSPS) is 20.4. The molecule has 92 valence electrons. The highest BCUT2D eigenvalue weighted by molar-refractivity contribution is 6.18. The number of unbranched alkanes of at least 4 members (excludes halogenated alkanes) is 2. The van der Waals surface area contributed by atoms with Gasteiger partial charge in [-0.2, -0.15) is 0 Å². The summed E-state index contributed by atoms with van der Waals surface area (Å²) in [5.41, 5.74) is 0. The van der Waals surface area contributed by atoms with Gasteiger partial charge in [-0.25, -0.2) is 0 Å². The van der Waals surface area contributed by atoms with Crippen LogP contribution in [0.1, 0.15) is 32.1 Å². The zero-order chi connectivity index (χ0) is 12.0. The molecule has 1 heterocycles. The minimum atomic E-state index is -0.751. The van der Waals surface area contributed by atoms with Crippen LogP contribution in [0.4, 0.5) is 0 Å². The van der Waals surface area contributed by atoms with Gasteiger partial charge in [0.25, 0.3) is 0 Å². The van der Waals surface area contributed by atoms with Crippen molar-refractivity contribution in [3.63, 3.8) is 0 Å². The summed E-state index contributed by atoms with van der Waals surface area (Å²) in [5.74, 6) is 0.276. The summed E-state index contributed by atoms with van der Waals surface area (Å²) < 4.78 is 0. The molecule has 0 aromatic heterocycles. The molecule has 1 aliphatic rings. The Balaban J connectivity index is 2.09. The van der Waals surface area contributed by atoms with Crippen molar-refractivity contribution in [3.8, 4) is 0 Å². The SMILES string of the molecule is O=C(O)CCCCCN1CC(CCl)CC1=O. The van der Waals surface area contributed by atoms with Gasteiger partial charge in [0.05, 0.1) is 0 Å². The lowest BCUT2D eigenvalue weighted by atomic mass is 10.1. The second-order valence-electron chi connectivity index (χ2n) is 4.27. The second-order valence-corrected chi connectivity index (χ2v) is 4.58. The molecule has 1 fully saturated rings. The summed E-state index contributed by atoms with van der Waals surface area (Å²) in [7, 11) is 0. The van der Waals surface area contributed by atoms with Crippen molar-refractivity contribution < 1.29 is 14.7 Å². The summed E-state index contributed by atoms with van der Waals surface area (Å²) in [6.07, 6.45) is 3.23. The Labute approximate surface area is 101 Å². The number of hydrogen-bond donors (Lipinski definition) is 1. The Kier molecular flexibility index (Phi) is 5.60. The Morgan fingerprint density at radius 3 is 2.75 bits per heavy atom. The molecular formula is C11H18ClNO3. The molecule has 0 aromatic carbocycles. The van der Waals surface area contributed by atoms with Gasteiger partial charge in [-0.3, -0.25) is 9.59 Å². The van der Waals surface area contributed by atoms with E-state index in [1.807, 2.05) is 4.90 Å². The number of hydrogen-bond acceptors (Lipinski definition) is 2. The third-order valence-electron chi connectivity index (χ3n) is 2.83. The van der Waals surface area contributed by atoms with Crippen LogP contribution in [0.3, 0.4) is 0 Å². The van der Waals surface area contributed by atoms with Gasteiger partial charge in [0.15, 0.2) is 0 Å². The molecule has 0 saturated carbocycles. The van der Waals surface area contributed by atoms with E-state index in [2.05, 4.69) is 0 Å². The number of aliphatic carboxylic acids is 1. The summed E-state index contributed by atoms with van der Waals surface area (Å²) in [6, 6.07) is 0. The van der Waals surface area contributed by atoms with Gasteiger partial charge >= 0.3 is 5.97 Å². The molecule has 16 heavy (non-hydrogen) atoms. The van der Waals surface area contributed by atoms with E-state index >= 15 is 0 Å². The number of alkyl halides is 1. The van der Waals surface area contributed by atoms with E-state index in [1.165, 1.54) is 0 Å². The number of amides is 1. The van der Waals surface area contributed by atoms with E-state index in [0.29, 0.717) is 24.6 Å². The largest absolute Gasteiger partial charge is 0.481 e. The van der Waals surface area contributed by atoms with Crippen molar-refractivity contribution in [2.75, 3.05) is 19.0 Å². The highest BCUT2D eigenvalue weighted by Crippen LogP contribution is 2.19. The van der Waals surface area contributed by atoms with Gasteiger partial charge in [0.1, 0.15) is 0 Å². The fourth-order valence-corrected chi connectivity index (χ4v) is 2.14. The minimum absolute atomic E-state index is 0.184. The summed E-state index contributed by atoms with van der Waals surface area (Å²) in [4.78, 5) is 23.6. The fourth-order valence-electron chi connectivity index (χ4n) is 1.93. The first-order chi connectivity index (χ1) is 7.63. The average Bonchev–Trinajstić information content (AvgIpc) is 2.59. The first-order valence-electron chi connectivity index (χ1n) is 5.69. The van der Waals surface area contributed by atoms with Gasteiger partial charge in [-0.1, -0.05) is 6.42 Å². The van der Waals surface area contributed by atoms with Crippen molar-refractivity contribution in [1.29, 1.82) is 0 Å². The third kappa shape index (κ3) is 4.39. The highest BCUT2D eigenvalue weighted by Gasteiger charge is 2.27. The summed E-state index contributed by atoms with van der Waals surface area (Å²) in [6.45, 7) is 1.51. The predicted molar refractivity (Wildman–Crippen MR) is 61.5 cm³/mol. The number of nitrogens with zero attached hydrogens (tertiary/aromatic N) is 1. The topological polar surface area (TPSA) is 57.6 Å². The van der Waals surface area contributed by atoms with Crippen LogP contribution in [-0.2, 0) is 9.59 Å². The zero-order valence-corrected chi connectivity index (χ0v) is 10.1. The molecule has 0 spiro atoms. The smallest absolute Gasteiger partial charge is 0.303 e. The quantitative estimate of drug-likeness (QED) is 0.551. The fraction of sp³-hybridized carbons (Fsp3) is 0.818. The first-order valence-corrected chi connectivity index (χ1v) is 6.22. The molecule has 0 aromatic rings. The van der Waals surface area contributed by atoms with E-state index in [0.717, 1.165) is 25.9 Å². The number of carboxylic acids is 1. The molecule has 5 heteroatoms. The maximum absolute atomic E-state index is 11.5. The van der Waals surface area contributed by atoms with Crippen molar-refractivity contribution in [2.45, 2.75) is 32.1 Å².